The number of aryl methyl sites for hydroxylation is 1. The molecule has 166 valence electrons. The van der Waals surface area contributed by atoms with Crippen LogP contribution in [0.4, 0.5) is 23.0 Å². The lowest BCUT2D eigenvalue weighted by molar-refractivity contribution is 0.0972. The van der Waals surface area contributed by atoms with Crippen LogP contribution in [0.1, 0.15) is 28.8 Å². The molecule has 32 heavy (non-hydrogen) atoms. The topological polar surface area (TPSA) is 113 Å². The molecule has 1 aromatic heterocycles. The van der Waals surface area contributed by atoms with Crippen LogP contribution in [0.3, 0.4) is 0 Å². The lowest BCUT2D eigenvalue weighted by Crippen LogP contribution is -2.18. The average Bonchev–Trinajstić information content (AvgIpc) is 2.79. The number of sulfonamides is 1. The highest BCUT2D eigenvalue weighted by atomic mass is 32.2. The zero-order valence-corrected chi connectivity index (χ0v) is 19.3. The second-order valence-electron chi connectivity index (χ2n) is 7.26. The van der Waals surface area contributed by atoms with Gasteiger partial charge in [-0.25, -0.2) is 23.1 Å². The first-order valence-electron chi connectivity index (χ1n) is 10.0. The van der Waals surface area contributed by atoms with Crippen LogP contribution in [-0.2, 0) is 16.4 Å². The fraction of sp³-hybridized carbons (Fsp3) is 0.227. The highest BCUT2D eigenvalue weighted by molar-refractivity contribution is 7.98. The van der Waals surface area contributed by atoms with Gasteiger partial charge in [0.1, 0.15) is 18.0 Å². The van der Waals surface area contributed by atoms with Crippen LogP contribution in [0.25, 0.3) is 0 Å². The molecule has 0 fully saturated rings. The number of nitrogens with one attached hydrogen (secondary N) is 3. The number of aromatic nitrogens is 2. The van der Waals surface area contributed by atoms with E-state index in [9.17, 15) is 13.2 Å². The predicted molar refractivity (Wildman–Crippen MR) is 127 cm³/mol. The molecule has 1 aliphatic rings. The first-order chi connectivity index (χ1) is 15.4. The van der Waals surface area contributed by atoms with E-state index >= 15 is 0 Å². The Morgan fingerprint density at radius 3 is 2.50 bits per heavy atom. The molecular weight excluding hydrogens is 446 g/mol. The fourth-order valence-electron chi connectivity index (χ4n) is 3.57. The van der Waals surface area contributed by atoms with Crippen LogP contribution in [0, 0.1) is 0 Å². The smallest absolute Gasteiger partial charge is 0.240 e. The van der Waals surface area contributed by atoms with Gasteiger partial charge in [-0.15, -0.1) is 11.8 Å². The third-order valence-corrected chi connectivity index (χ3v) is 7.42. The summed E-state index contributed by atoms with van der Waals surface area (Å²) < 4.78 is 26.7. The Morgan fingerprint density at radius 2 is 1.75 bits per heavy atom. The van der Waals surface area contributed by atoms with E-state index in [1.165, 1.54) is 25.1 Å². The Bertz CT molecular complexity index is 1280. The zero-order valence-electron chi connectivity index (χ0n) is 17.7. The van der Waals surface area contributed by atoms with E-state index in [1.54, 1.807) is 24.3 Å². The van der Waals surface area contributed by atoms with Crippen molar-refractivity contribution in [1.29, 1.82) is 0 Å². The second-order valence-corrected chi connectivity index (χ2v) is 9.99. The summed E-state index contributed by atoms with van der Waals surface area (Å²) >= 11 is 1.50. The number of carbonyl (C=O) groups excluding carboxylic acids is 1. The average molecular weight is 470 g/mol. The Hall–Kier alpha value is -2.95. The Morgan fingerprint density at radius 1 is 0.969 bits per heavy atom. The normalized spacial score (nSPS) is 13.5. The van der Waals surface area contributed by atoms with Crippen molar-refractivity contribution in [3.8, 4) is 0 Å². The summed E-state index contributed by atoms with van der Waals surface area (Å²) in [6, 6.07) is 12.4. The molecular formula is C22H23N5O3S2. The molecule has 1 aliphatic carbocycles. The van der Waals surface area contributed by atoms with Crippen molar-refractivity contribution in [2.45, 2.75) is 29.1 Å². The number of carbonyl (C=O) groups is 1. The zero-order chi connectivity index (χ0) is 22.7. The molecule has 1 heterocycles. The molecule has 0 bridgehead atoms. The number of benzene rings is 2. The largest absolute Gasteiger partial charge is 0.340 e. The van der Waals surface area contributed by atoms with E-state index in [2.05, 4.69) is 25.3 Å². The number of hydrogen-bond acceptors (Lipinski definition) is 8. The van der Waals surface area contributed by atoms with Crippen LogP contribution >= 0.6 is 11.8 Å². The highest BCUT2D eigenvalue weighted by Crippen LogP contribution is 2.31. The fourth-order valence-corrected chi connectivity index (χ4v) is 4.86. The van der Waals surface area contributed by atoms with Crippen molar-refractivity contribution in [3.63, 3.8) is 0 Å². The summed E-state index contributed by atoms with van der Waals surface area (Å²) in [4.78, 5) is 21.6. The molecule has 0 aliphatic heterocycles. The Kier molecular flexibility index (Phi) is 6.45. The second kappa shape index (κ2) is 9.27. The third kappa shape index (κ3) is 4.77. The molecule has 0 amide bonds. The van der Waals surface area contributed by atoms with Gasteiger partial charge in [-0.2, -0.15) is 0 Å². The van der Waals surface area contributed by atoms with Gasteiger partial charge in [-0.1, -0.05) is 0 Å². The van der Waals surface area contributed by atoms with Gasteiger partial charge < -0.3 is 10.6 Å². The number of rotatable bonds is 7. The molecule has 0 unspecified atom stereocenters. The molecule has 0 radical (unpaired) electrons. The molecule has 0 atom stereocenters. The minimum Gasteiger partial charge on any atom is -0.340 e. The SMILES string of the molecule is CNS(=O)(=O)c1ccc(SC)c(Nc2cc(Nc3ccc4c(c3)CCCC4=O)ncn2)c1. The van der Waals surface area contributed by atoms with Crippen LogP contribution in [0.2, 0.25) is 0 Å². The number of fused-ring (bicyclic) bond motifs is 1. The van der Waals surface area contributed by atoms with Gasteiger partial charge in [0, 0.05) is 28.6 Å². The first kappa shape index (κ1) is 22.3. The van der Waals surface area contributed by atoms with Gasteiger partial charge in [-0.3, -0.25) is 4.79 Å². The van der Waals surface area contributed by atoms with Crippen LogP contribution in [0.5, 0.6) is 0 Å². The summed E-state index contributed by atoms with van der Waals surface area (Å²) in [5, 5.41) is 6.45. The number of ketones is 1. The molecule has 2 aromatic carbocycles. The third-order valence-electron chi connectivity index (χ3n) is 5.21. The molecule has 3 aromatic rings. The maximum absolute atomic E-state index is 12.2. The van der Waals surface area contributed by atoms with Crippen molar-refractivity contribution in [2.24, 2.45) is 0 Å². The number of thioether (sulfide) groups is 1. The maximum Gasteiger partial charge on any atom is 0.240 e. The minimum absolute atomic E-state index is 0.163. The lowest BCUT2D eigenvalue weighted by atomic mass is 9.90. The summed E-state index contributed by atoms with van der Waals surface area (Å²) in [5.41, 5.74) is 3.32. The van der Waals surface area contributed by atoms with E-state index in [-0.39, 0.29) is 10.7 Å². The first-order valence-corrected chi connectivity index (χ1v) is 12.7. The Labute approximate surface area is 191 Å². The van der Waals surface area contributed by atoms with Crippen LogP contribution in [-0.4, -0.2) is 37.5 Å². The number of anilines is 4. The van der Waals surface area contributed by atoms with Crippen molar-refractivity contribution in [1.82, 2.24) is 14.7 Å². The summed E-state index contributed by atoms with van der Waals surface area (Å²) in [6.45, 7) is 0. The summed E-state index contributed by atoms with van der Waals surface area (Å²) in [5.74, 6) is 1.29. The standard InChI is InChI=1S/C22H23N5O3S2/c1-23-32(29,30)16-7-9-20(31-2)18(11-16)27-22-12-21(24-13-25-22)26-15-6-8-17-14(10-15)4-3-5-19(17)28/h6-13,23H,3-5H2,1-2H3,(H2,24,25,26,27). The quantitative estimate of drug-likeness (QED) is 0.443. The van der Waals surface area contributed by atoms with Gasteiger partial charge in [0.25, 0.3) is 0 Å². The maximum atomic E-state index is 12.2. The molecule has 10 heteroatoms. The van der Waals surface area contributed by atoms with Crippen molar-refractivity contribution in [3.05, 3.63) is 59.9 Å². The van der Waals surface area contributed by atoms with Gasteiger partial charge in [0.15, 0.2) is 5.78 Å². The lowest BCUT2D eigenvalue weighted by Gasteiger charge is -2.16. The van der Waals surface area contributed by atoms with E-state index in [0.717, 1.165) is 34.6 Å². The number of Topliss-reactive ketones (excluding diaryl/α,β-unsaturated/α-hetero) is 1. The van der Waals surface area contributed by atoms with Gasteiger partial charge in [0.05, 0.1) is 10.6 Å². The van der Waals surface area contributed by atoms with E-state index in [0.29, 0.717) is 23.7 Å². The van der Waals surface area contributed by atoms with Crippen LogP contribution in [0.15, 0.2) is 58.6 Å². The van der Waals surface area contributed by atoms with Gasteiger partial charge in [-0.05, 0) is 68.1 Å². The summed E-state index contributed by atoms with van der Waals surface area (Å²) in [6.07, 6.45) is 5.71. The monoisotopic (exact) mass is 469 g/mol. The molecule has 0 spiro atoms. The van der Waals surface area contributed by atoms with E-state index in [1.807, 2.05) is 24.5 Å². The molecule has 8 nitrogen and oxygen atoms in total. The van der Waals surface area contributed by atoms with Crippen molar-refractivity contribution >= 4 is 50.6 Å². The molecule has 4 rings (SSSR count). The number of nitrogens with zero attached hydrogens (tertiary/aromatic N) is 2. The summed E-state index contributed by atoms with van der Waals surface area (Å²) in [7, 11) is -2.19. The van der Waals surface area contributed by atoms with Crippen LogP contribution < -0.4 is 15.4 Å². The van der Waals surface area contributed by atoms with Gasteiger partial charge in [0.2, 0.25) is 10.0 Å². The Balaban J connectivity index is 1.58. The van der Waals surface area contributed by atoms with Crippen molar-refractivity contribution in [2.75, 3.05) is 23.9 Å². The van der Waals surface area contributed by atoms with E-state index < -0.39 is 10.0 Å². The molecule has 3 N–H and O–H groups in total. The highest BCUT2D eigenvalue weighted by Gasteiger charge is 2.17. The van der Waals surface area contributed by atoms with Crippen molar-refractivity contribution < 1.29 is 13.2 Å². The molecule has 0 saturated carbocycles. The van der Waals surface area contributed by atoms with E-state index in [4.69, 9.17) is 0 Å². The molecule has 0 saturated heterocycles. The predicted octanol–water partition coefficient (Wildman–Crippen LogP) is 4.11. The number of hydrogen-bond donors (Lipinski definition) is 3. The van der Waals surface area contributed by atoms with Gasteiger partial charge >= 0.3 is 0 Å². The minimum atomic E-state index is -3.57.